The van der Waals surface area contributed by atoms with Gasteiger partial charge >= 0.3 is 31.0 Å². The van der Waals surface area contributed by atoms with Crippen LogP contribution in [0.2, 0.25) is 0 Å². The van der Waals surface area contributed by atoms with E-state index in [-0.39, 0.29) is 5.97 Å². The molecule has 5 heterocycles. The number of nitrogen functional groups attached to an aromatic ring is 3. The van der Waals surface area contributed by atoms with Gasteiger partial charge < -0.3 is 70.3 Å². The van der Waals surface area contributed by atoms with E-state index in [0.29, 0.717) is 79.7 Å². The van der Waals surface area contributed by atoms with Gasteiger partial charge in [0.25, 0.3) is 0 Å². The van der Waals surface area contributed by atoms with E-state index in [0.717, 1.165) is 116 Å². The van der Waals surface area contributed by atoms with Crippen LogP contribution >= 0.6 is 54.5 Å². The van der Waals surface area contributed by atoms with Gasteiger partial charge in [-0.2, -0.15) is 5.26 Å². The number of carbonyl (C=O) groups is 3. The standard InChI is InChI=1S/C25H28BrN5O2.C20H20BrN5.C20H24IN3O2.C14H20BNO4/c1-5-22-30-21(13-27)23(19-11-10-18(26)12-20(19)28)31(22)15-17-8-6-16(7-9-17)14-29-24(32)33-25(2,3)4;1-2-17-25-18-19(15-8-7-14(21)9-16(15)24-20(18)23)26(17)11-13-5-3-12(10-22)4-6-13;1-6-16-23-19(22-5)18(21)24(16)13-15-9-7-14(8-10-15)11-12-17(25)26-20(2,3)4;1-13(2)14(3,4)20-15(19-13)10-7-6-9(8-11(10)16)12(17)18-5/h6-12H,5,14-15,28H2,1-4H3,(H,29,32);3-9H,2,10-11,22H2,1H3,(H2,23,24);7-10H,6,11-13H2,1-4H3;6-8H,16H2,1-5H3. The summed E-state index contributed by atoms with van der Waals surface area (Å²) in [7, 11) is 0.799. The van der Waals surface area contributed by atoms with Gasteiger partial charge in [-0.05, 0) is 180 Å². The van der Waals surface area contributed by atoms with Crippen LogP contribution in [0, 0.1) is 21.6 Å². The zero-order valence-electron chi connectivity index (χ0n) is 62.0. The number of hydrogen-bond acceptors (Lipinski definition) is 17. The monoisotopic (exact) mass is 1660 g/mol. The molecule has 550 valence electrons. The van der Waals surface area contributed by atoms with Crippen molar-refractivity contribution in [3.8, 4) is 17.3 Å². The minimum atomic E-state index is -0.535. The number of carbonyl (C=O) groups excluding carboxylic acids is 3. The molecule has 0 atom stereocenters. The maximum atomic E-state index is 11.9. The fraction of sp³-hybridized carbons (Fsp3) is 0.354. The Kier molecular flexibility index (Phi) is 27.4. The van der Waals surface area contributed by atoms with Gasteiger partial charge in [0.1, 0.15) is 38.1 Å². The summed E-state index contributed by atoms with van der Waals surface area (Å²) in [6, 6.07) is 43.5. The molecule has 11 rings (SSSR count). The number of methoxy groups -OCH3 is 1. The molecule has 10 aromatic rings. The van der Waals surface area contributed by atoms with E-state index >= 15 is 0 Å². The van der Waals surface area contributed by atoms with Crippen molar-refractivity contribution in [1.82, 2.24) is 39.0 Å². The Morgan fingerprint density at radius 3 is 1.72 bits per heavy atom. The van der Waals surface area contributed by atoms with Crippen LogP contribution in [0.4, 0.5) is 27.8 Å². The van der Waals surface area contributed by atoms with Gasteiger partial charge in [0.05, 0.1) is 47.1 Å². The molecular formula is C79H92BBr2IN14O8. The zero-order valence-corrected chi connectivity index (χ0v) is 67.3. The molecule has 22 nitrogen and oxygen atoms in total. The van der Waals surface area contributed by atoms with E-state index in [1.54, 1.807) is 18.2 Å². The first-order chi connectivity index (χ1) is 49.6. The first-order valence-corrected chi connectivity index (χ1v) is 37.2. The lowest BCUT2D eigenvalue weighted by atomic mass is 9.77. The number of rotatable bonds is 18. The summed E-state index contributed by atoms with van der Waals surface area (Å²) in [6.45, 7) is 35.3. The largest absolute Gasteiger partial charge is 0.496 e. The number of nitrogens with zero attached hydrogens (tertiary/aromatic N) is 9. The summed E-state index contributed by atoms with van der Waals surface area (Å²) in [4.78, 5) is 56.9. The number of nitriles is 1. The molecule has 1 aliphatic heterocycles. The summed E-state index contributed by atoms with van der Waals surface area (Å²) < 4.78 is 36.3. The number of alkyl carbamates (subject to hydrolysis) is 1. The molecule has 26 heteroatoms. The fourth-order valence-corrected chi connectivity index (χ4v) is 12.8. The molecule has 6 aromatic carbocycles. The highest BCUT2D eigenvalue weighted by Gasteiger charge is 2.52. The highest BCUT2D eigenvalue weighted by atomic mass is 127. The lowest BCUT2D eigenvalue weighted by Gasteiger charge is -2.32. The van der Waals surface area contributed by atoms with Crippen LogP contribution in [-0.4, -0.2) is 88.3 Å². The molecular weight excluding hydrogens is 1570 g/mol. The molecule has 105 heavy (non-hydrogen) atoms. The van der Waals surface area contributed by atoms with Gasteiger partial charge in [-0.1, -0.05) is 138 Å². The molecule has 0 radical (unpaired) electrons. The maximum Gasteiger partial charge on any atom is 0.496 e. The molecule has 0 bridgehead atoms. The predicted octanol–water partition coefficient (Wildman–Crippen LogP) is 15.7. The van der Waals surface area contributed by atoms with Crippen molar-refractivity contribution in [2.45, 2.75) is 177 Å². The van der Waals surface area contributed by atoms with E-state index in [1.165, 1.54) is 12.7 Å². The third-order valence-corrected chi connectivity index (χ3v) is 19.5. The van der Waals surface area contributed by atoms with Crippen molar-refractivity contribution in [3.05, 3.63) is 214 Å². The average Bonchev–Trinajstić information content (AvgIpc) is 1.64. The van der Waals surface area contributed by atoms with Crippen LogP contribution in [0.3, 0.4) is 0 Å². The Morgan fingerprint density at radius 2 is 1.19 bits per heavy atom. The van der Waals surface area contributed by atoms with Crippen molar-refractivity contribution in [1.29, 1.82) is 5.26 Å². The van der Waals surface area contributed by atoms with E-state index in [4.69, 9.17) is 53.3 Å². The number of imidazole rings is 3. The smallest absolute Gasteiger partial charge is 0.465 e. The van der Waals surface area contributed by atoms with Crippen LogP contribution in [0.25, 0.3) is 38.0 Å². The van der Waals surface area contributed by atoms with Crippen LogP contribution < -0.4 is 33.7 Å². The van der Waals surface area contributed by atoms with Gasteiger partial charge in [-0.3, -0.25) is 4.79 Å². The number of nitrogens with two attached hydrogens (primary N) is 4. The second kappa shape index (κ2) is 35.3. The number of halogens is 3. The van der Waals surface area contributed by atoms with Crippen molar-refractivity contribution in [2.75, 3.05) is 24.3 Å². The third kappa shape index (κ3) is 21.1. The topological polar surface area (TPSA) is 308 Å². The van der Waals surface area contributed by atoms with Crippen LogP contribution in [0.1, 0.15) is 163 Å². The number of hydrogen-bond donors (Lipinski definition) is 5. The Bertz CT molecular complexity index is 4820. The van der Waals surface area contributed by atoms with Gasteiger partial charge in [0.2, 0.25) is 5.82 Å². The maximum absolute atomic E-state index is 11.9. The molecule has 0 unspecified atom stereocenters. The number of ether oxygens (including phenoxy) is 3. The Morgan fingerprint density at radius 1 is 0.667 bits per heavy atom. The molecule has 1 saturated heterocycles. The second-order valence-electron chi connectivity index (χ2n) is 28.0. The number of nitrogens with one attached hydrogen (secondary N) is 1. The van der Waals surface area contributed by atoms with Crippen molar-refractivity contribution in [2.24, 2.45) is 5.73 Å². The molecule has 4 aromatic heterocycles. The number of amides is 1. The summed E-state index contributed by atoms with van der Waals surface area (Å²) >= 11 is 9.13. The molecule has 9 N–H and O–H groups in total. The highest BCUT2D eigenvalue weighted by Crippen LogP contribution is 2.38. The van der Waals surface area contributed by atoms with E-state index < -0.39 is 41.6 Å². The Labute approximate surface area is 645 Å². The second-order valence-corrected chi connectivity index (χ2v) is 30.9. The van der Waals surface area contributed by atoms with Gasteiger partial charge in [0.15, 0.2) is 11.5 Å². The molecule has 0 spiro atoms. The molecule has 1 aliphatic rings. The van der Waals surface area contributed by atoms with Crippen molar-refractivity contribution < 1.29 is 37.9 Å². The molecule has 0 saturated carbocycles. The minimum Gasteiger partial charge on any atom is -0.465 e. The number of fused-ring (bicyclic) bond motifs is 3. The van der Waals surface area contributed by atoms with Gasteiger partial charge in [-0.25, -0.2) is 24.5 Å². The predicted molar refractivity (Wildman–Crippen MR) is 431 cm³/mol. The number of aryl methyl sites for hydroxylation is 4. The number of anilines is 3. The van der Waals surface area contributed by atoms with Crippen molar-refractivity contribution in [3.63, 3.8) is 0 Å². The van der Waals surface area contributed by atoms with Crippen LogP contribution in [0.5, 0.6) is 0 Å². The number of aromatic nitrogens is 7. The number of benzene rings is 6. The lowest BCUT2D eigenvalue weighted by Crippen LogP contribution is -2.41. The first-order valence-electron chi connectivity index (χ1n) is 34.5. The number of esters is 2. The summed E-state index contributed by atoms with van der Waals surface area (Å²) in [5.41, 5.74) is 35.7. The van der Waals surface area contributed by atoms with E-state index in [1.807, 2.05) is 154 Å². The van der Waals surface area contributed by atoms with Crippen LogP contribution in [-0.2, 0) is 86.7 Å². The quantitative estimate of drug-likeness (QED) is 0.0133. The average molecular weight is 1660 g/mol. The van der Waals surface area contributed by atoms with Gasteiger partial charge in [0, 0.05) is 88.6 Å². The highest BCUT2D eigenvalue weighted by molar-refractivity contribution is 14.1. The molecule has 1 fully saturated rings. The minimum absolute atomic E-state index is 0.172. The number of pyridine rings is 1. The zero-order chi connectivity index (χ0) is 76.9. The summed E-state index contributed by atoms with van der Waals surface area (Å²) in [5.74, 6) is 3.10. The van der Waals surface area contributed by atoms with Crippen molar-refractivity contribution >= 4 is 130 Å². The van der Waals surface area contributed by atoms with E-state index in [2.05, 4.69) is 149 Å². The fourth-order valence-electron chi connectivity index (χ4n) is 11.4. The van der Waals surface area contributed by atoms with Crippen LogP contribution in [0.15, 0.2) is 136 Å². The molecule has 1 amide bonds. The molecule has 0 aliphatic carbocycles. The lowest BCUT2D eigenvalue weighted by molar-refractivity contribution is -0.154. The first kappa shape index (κ1) is 81.5. The normalized spacial score (nSPS) is 12.9. The summed E-state index contributed by atoms with van der Waals surface area (Å²) in [5, 5.41) is 13.5. The third-order valence-electron chi connectivity index (χ3n) is 17.4. The Balaban J connectivity index is 0.000000179. The van der Waals surface area contributed by atoms with E-state index in [9.17, 15) is 19.6 Å². The SMILES string of the molecule is CCc1nc(C#N)c(-c2ccc(Br)cc2N)n1Cc1ccc(CNC(=O)OC(C)(C)C)cc1.CCc1nc2c(N)nc3cc(Br)ccc3c2n1Cc1ccc(CN)cc1.COC(=O)c1ccc(B2OC(C)(C)C(C)(C)O2)c(N)c1.[C-]#[N+]c1nc(CC)n(Cc2ccc(CCC(=O)OC(C)(C)C)cc2)c1I. The summed E-state index contributed by atoms with van der Waals surface area (Å²) in [6.07, 6.45) is 2.90. The van der Waals surface area contributed by atoms with Gasteiger partial charge in [-0.15, -0.1) is 4.98 Å². The Hall–Kier alpha value is -9.16.